The second-order valence-electron chi connectivity index (χ2n) is 4.08. The molecule has 4 nitrogen and oxygen atoms in total. The van der Waals surface area contributed by atoms with Crippen molar-refractivity contribution in [3.63, 3.8) is 0 Å². The van der Waals surface area contributed by atoms with E-state index in [2.05, 4.69) is 5.32 Å². The first-order chi connectivity index (χ1) is 8.60. The molecule has 2 rings (SSSR count). The van der Waals surface area contributed by atoms with Crippen molar-refractivity contribution in [2.24, 2.45) is 7.05 Å². The van der Waals surface area contributed by atoms with E-state index in [1.54, 1.807) is 37.9 Å². The summed E-state index contributed by atoms with van der Waals surface area (Å²) in [5, 5.41) is 4.37. The van der Waals surface area contributed by atoms with Gasteiger partial charge >= 0.3 is 0 Å². The Balaban J connectivity index is 2.89. The minimum absolute atomic E-state index is 0.0491. The summed E-state index contributed by atoms with van der Waals surface area (Å²) >= 11 is 6.16. The van der Waals surface area contributed by atoms with Gasteiger partial charge in [-0.2, -0.15) is 0 Å². The molecule has 0 bridgehead atoms. The predicted octanol–water partition coefficient (Wildman–Crippen LogP) is 1.92. The van der Waals surface area contributed by atoms with Crippen LogP contribution in [-0.2, 0) is 13.6 Å². The number of benzene rings is 1. The van der Waals surface area contributed by atoms with Crippen LogP contribution in [0, 0.1) is 0 Å². The van der Waals surface area contributed by atoms with Crippen LogP contribution in [0.3, 0.4) is 0 Å². The number of fused-ring (bicyclic) bond motifs is 1. The highest BCUT2D eigenvalue weighted by atomic mass is 35.5. The molecule has 1 heterocycles. The van der Waals surface area contributed by atoms with Gasteiger partial charge in [0.1, 0.15) is 5.75 Å². The molecular weight excluding hydrogens is 252 g/mol. The van der Waals surface area contributed by atoms with Crippen molar-refractivity contribution in [2.75, 3.05) is 14.2 Å². The lowest BCUT2D eigenvalue weighted by atomic mass is 10.1. The molecular formula is C13H15ClN2O2. The highest BCUT2D eigenvalue weighted by Gasteiger charge is 2.12. The zero-order valence-electron chi connectivity index (χ0n) is 10.6. The van der Waals surface area contributed by atoms with Crippen molar-refractivity contribution < 1.29 is 4.74 Å². The van der Waals surface area contributed by atoms with Gasteiger partial charge in [0.25, 0.3) is 5.56 Å². The first-order valence-electron chi connectivity index (χ1n) is 5.60. The SMILES string of the molecule is CNCc1cc2c(OC)ccc(Cl)c2n(C)c1=O. The van der Waals surface area contributed by atoms with E-state index in [0.717, 1.165) is 5.39 Å². The van der Waals surface area contributed by atoms with Crippen LogP contribution in [0.25, 0.3) is 10.9 Å². The van der Waals surface area contributed by atoms with Crippen LogP contribution in [0.4, 0.5) is 0 Å². The lowest BCUT2D eigenvalue weighted by Crippen LogP contribution is -2.24. The summed E-state index contributed by atoms with van der Waals surface area (Å²) in [5.74, 6) is 0.711. The number of hydrogen-bond acceptors (Lipinski definition) is 3. The second kappa shape index (κ2) is 5.00. The zero-order valence-corrected chi connectivity index (χ0v) is 11.3. The molecule has 1 N–H and O–H groups in total. The molecule has 0 aliphatic rings. The van der Waals surface area contributed by atoms with Crippen LogP contribution < -0.4 is 15.6 Å². The highest BCUT2D eigenvalue weighted by molar-refractivity contribution is 6.35. The van der Waals surface area contributed by atoms with Crippen molar-refractivity contribution in [3.8, 4) is 5.75 Å². The number of aromatic nitrogens is 1. The summed E-state index contributed by atoms with van der Waals surface area (Å²) in [7, 11) is 5.12. The number of nitrogens with zero attached hydrogens (tertiary/aromatic N) is 1. The van der Waals surface area contributed by atoms with Crippen LogP contribution in [0.2, 0.25) is 5.02 Å². The maximum Gasteiger partial charge on any atom is 0.255 e. The Kier molecular flexibility index (Phi) is 3.59. The van der Waals surface area contributed by atoms with E-state index in [-0.39, 0.29) is 5.56 Å². The van der Waals surface area contributed by atoms with Crippen molar-refractivity contribution in [1.29, 1.82) is 0 Å². The number of nitrogens with one attached hydrogen (secondary N) is 1. The average molecular weight is 267 g/mol. The number of ether oxygens (including phenoxy) is 1. The van der Waals surface area contributed by atoms with Gasteiger partial charge in [-0.1, -0.05) is 11.6 Å². The fourth-order valence-electron chi connectivity index (χ4n) is 2.09. The monoisotopic (exact) mass is 266 g/mol. The van der Waals surface area contributed by atoms with E-state index in [9.17, 15) is 4.79 Å². The number of pyridine rings is 1. The van der Waals surface area contributed by atoms with Crippen LogP contribution in [0.15, 0.2) is 23.0 Å². The molecule has 0 amide bonds. The Morgan fingerprint density at radius 1 is 1.44 bits per heavy atom. The summed E-state index contributed by atoms with van der Waals surface area (Å²) in [4.78, 5) is 12.1. The van der Waals surface area contributed by atoms with Gasteiger partial charge in [-0.05, 0) is 25.2 Å². The van der Waals surface area contributed by atoms with Crippen LogP contribution >= 0.6 is 11.6 Å². The van der Waals surface area contributed by atoms with E-state index in [0.29, 0.717) is 28.4 Å². The van der Waals surface area contributed by atoms with Crippen molar-refractivity contribution >= 4 is 22.5 Å². The molecule has 0 fully saturated rings. The summed E-state index contributed by atoms with van der Waals surface area (Å²) < 4.78 is 6.88. The standard InChI is InChI=1S/C13H15ClN2O2/c1-15-7-8-6-9-11(18-3)5-4-10(14)12(9)16(2)13(8)17/h4-6,15H,7H2,1-3H3. The van der Waals surface area contributed by atoms with E-state index >= 15 is 0 Å². The third-order valence-corrected chi connectivity index (χ3v) is 3.25. The molecule has 0 aliphatic heterocycles. The van der Waals surface area contributed by atoms with Crippen LogP contribution in [0.5, 0.6) is 5.75 Å². The molecule has 0 atom stereocenters. The quantitative estimate of drug-likeness (QED) is 0.923. The first-order valence-corrected chi connectivity index (χ1v) is 5.97. The molecule has 0 aliphatic carbocycles. The third-order valence-electron chi connectivity index (χ3n) is 2.95. The molecule has 0 unspecified atom stereocenters. The Morgan fingerprint density at radius 3 is 2.78 bits per heavy atom. The molecule has 18 heavy (non-hydrogen) atoms. The summed E-state index contributed by atoms with van der Waals surface area (Å²) in [6.07, 6.45) is 0. The first kappa shape index (κ1) is 12.9. The van der Waals surface area contributed by atoms with Gasteiger partial charge in [-0.25, -0.2) is 0 Å². The number of halogens is 1. The Morgan fingerprint density at radius 2 is 2.17 bits per heavy atom. The summed E-state index contributed by atoms with van der Waals surface area (Å²) in [6.45, 7) is 0.512. The second-order valence-corrected chi connectivity index (χ2v) is 4.48. The zero-order chi connectivity index (χ0) is 13.3. The largest absolute Gasteiger partial charge is 0.496 e. The summed E-state index contributed by atoms with van der Waals surface area (Å²) in [5.41, 5.74) is 1.33. The molecule has 1 aromatic carbocycles. The maximum atomic E-state index is 12.1. The maximum absolute atomic E-state index is 12.1. The highest BCUT2D eigenvalue weighted by Crippen LogP contribution is 2.30. The molecule has 0 saturated heterocycles. The minimum atomic E-state index is -0.0491. The van der Waals surface area contributed by atoms with Gasteiger partial charge in [-0.15, -0.1) is 0 Å². The van der Waals surface area contributed by atoms with Gasteiger partial charge in [-0.3, -0.25) is 4.79 Å². The fourth-order valence-corrected chi connectivity index (χ4v) is 2.38. The number of methoxy groups -OCH3 is 1. The summed E-state index contributed by atoms with van der Waals surface area (Å²) in [6, 6.07) is 5.37. The molecule has 96 valence electrons. The topological polar surface area (TPSA) is 43.3 Å². The Hall–Kier alpha value is -1.52. The fraction of sp³-hybridized carbons (Fsp3) is 0.308. The van der Waals surface area contributed by atoms with Gasteiger partial charge in [0.05, 0.1) is 17.6 Å². The molecule has 0 spiro atoms. The minimum Gasteiger partial charge on any atom is -0.496 e. The van der Waals surface area contributed by atoms with Crippen LogP contribution in [-0.4, -0.2) is 18.7 Å². The van der Waals surface area contributed by atoms with Crippen molar-refractivity contribution in [1.82, 2.24) is 9.88 Å². The number of rotatable bonds is 3. The number of hydrogen-bond donors (Lipinski definition) is 1. The molecule has 1 aromatic heterocycles. The van der Waals surface area contributed by atoms with Gasteiger partial charge in [0.15, 0.2) is 0 Å². The van der Waals surface area contributed by atoms with Crippen LogP contribution in [0.1, 0.15) is 5.56 Å². The Bertz CT molecular complexity index is 649. The molecule has 0 saturated carbocycles. The van der Waals surface area contributed by atoms with E-state index in [1.807, 2.05) is 6.07 Å². The lowest BCUT2D eigenvalue weighted by molar-refractivity contribution is 0.419. The van der Waals surface area contributed by atoms with Crippen molar-refractivity contribution in [3.05, 3.63) is 39.1 Å². The molecule has 2 aromatic rings. The van der Waals surface area contributed by atoms with Gasteiger partial charge in [0.2, 0.25) is 0 Å². The third kappa shape index (κ3) is 1.98. The van der Waals surface area contributed by atoms with E-state index in [1.165, 1.54) is 0 Å². The number of aryl methyl sites for hydroxylation is 1. The van der Waals surface area contributed by atoms with Gasteiger partial charge in [0, 0.05) is 24.5 Å². The normalized spacial score (nSPS) is 10.9. The van der Waals surface area contributed by atoms with E-state index < -0.39 is 0 Å². The lowest BCUT2D eigenvalue weighted by Gasteiger charge is -2.12. The van der Waals surface area contributed by atoms with Crippen molar-refractivity contribution in [2.45, 2.75) is 6.54 Å². The molecule has 0 radical (unpaired) electrons. The predicted molar refractivity (Wildman–Crippen MR) is 73.5 cm³/mol. The Labute approximate surface area is 110 Å². The van der Waals surface area contributed by atoms with E-state index in [4.69, 9.17) is 16.3 Å². The smallest absolute Gasteiger partial charge is 0.255 e. The van der Waals surface area contributed by atoms with Gasteiger partial charge < -0.3 is 14.6 Å². The molecule has 5 heteroatoms. The average Bonchev–Trinajstić information content (AvgIpc) is 2.36.